The Morgan fingerprint density at radius 2 is 1.60 bits per heavy atom. The maximum absolute atomic E-state index is 14.3. The van der Waals surface area contributed by atoms with Gasteiger partial charge in [0, 0.05) is 52.0 Å². The van der Waals surface area contributed by atoms with Gasteiger partial charge in [0.15, 0.2) is 0 Å². The summed E-state index contributed by atoms with van der Waals surface area (Å²) in [5.41, 5.74) is 1.66. The van der Waals surface area contributed by atoms with E-state index < -0.39 is 83.9 Å². The molecule has 3 N–H and O–H groups in total. The van der Waals surface area contributed by atoms with E-state index in [0.717, 1.165) is 5.57 Å². The van der Waals surface area contributed by atoms with Crippen LogP contribution in [-0.4, -0.2) is 126 Å². The standard InChI is InChI=1S/C45H71NO12/c1-10-13-32-21-27(3)20-26(2)15-18-37(54-7)41-39(56-9)23-29(5)45(53,58-41)42(50)43(51)46-19-12-11-14-33(46)44(52)57-40(30(6)35(48)25-36(32)49)28(4)22-31-16-17-34(47)38(24-31)55-8/h10,21-22,26,29-35,37-41,47-48,53H,1,11-20,23-25H2,2-9H3/b27-21+,28-22+/t26-,29-,30-,31+,32-,33+,34-,35?,37+,38-,39+,40-,41-,45-/m1/s1. The van der Waals surface area contributed by atoms with Gasteiger partial charge in [0.1, 0.15) is 24.0 Å². The van der Waals surface area contributed by atoms with Crippen molar-refractivity contribution in [2.24, 2.45) is 29.6 Å². The number of hydrogen-bond donors (Lipinski definition) is 3. The Hall–Kier alpha value is -2.78. The van der Waals surface area contributed by atoms with Gasteiger partial charge in [-0.1, -0.05) is 44.6 Å². The van der Waals surface area contributed by atoms with Crippen molar-refractivity contribution in [2.75, 3.05) is 27.9 Å². The smallest absolute Gasteiger partial charge is 0.329 e. The number of cyclic esters (lactones) is 1. The van der Waals surface area contributed by atoms with Crippen LogP contribution in [0.15, 0.2) is 36.0 Å². The molecule has 0 aromatic heterocycles. The molecule has 3 heterocycles. The summed E-state index contributed by atoms with van der Waals surface area (Å²) >= 11 is 0. The Balaban J connectivity index is 1.76. The molecular formula is C45H71NO12. The lowest BCUT2D eigenvalue weighted by atomic mass is 9.81. The van der Waals surface area contributed by atoms with E-state index in [1.165, 1.54) is 19.1 Å². The van der Waals surface area contributed by atoms with Gasteiger partial charge in [-0.2, -0.15) is 0 Å². The summed E-state index contributed by atoms with van der Waals surface area (Å²) < 4.78 is 29.8. The molecule has 1 aliphatic carbocycles. The van der Waals surface area contributed by atoms with Crippen molar-refractivity contribution in [2.45, 2.75) is 166 Å². The van der Waals surface area contributed by atoms with E-state index in [1.54, 1.807) is 27.0 Å². The lowest BCUT2D eigenvalue weighted by Gasteiger charge is -2.46. The van der Waals surface area contributed by atoms with Gasteiger partial charge >= 0.3 is 5.97 Å². The zero-order chi connectivity index (χ0) is 42.9. The number of aliphatic hydroxyl groups excluding tert-OH is 2. The minimum atomic E-state index is -2.50. The highest BCUT2D eigenvalue weighted by atomic mass is 16.7. The molecule has 58 heavy (non-hydrogen) atoms. The number of rotatable bonds is 7. The van der Waals surface area contributed by atoms with Crippen molar-refractivity contribution >= 4 is 23.4 Å². The van der Waals surface area contributed by atoms with Crippen molar-refractivity contribution in [1.82, 2.24) is 4.90 Å². The van der Waals surface area contributed by atoms with E-state index in [9.17, 15) is 34.5 Å². The third kappa shape index (κ3) is 11.5. The lowest BCUT2D eigenvalue weighted by Crippen LogP contribution is -2.64. The second kappa shape index (κ2) is 21.7. The van der Waals surface area contributed by atoms with Crippen LogP contribution >= 0.6 is 0 Å². The molecule has 0 aromatic carbocycles. The predicted molar refractivity (Wildman–Crippen MR) is 217 cm³/mol. The Morgan fingerprint density at radius 3 is 2.26 bits per heavy atom. The second-order valence-corrected chi connectivity index (χ2v) is 17.6. The summed E-state index contributed by atoms with van der Waals surface area (Å²) in [6.07, 6.45) is 5.94. The first-order valence-electron chi connectivity index (χ1n) is 21.4. The number of carbonyl (C=O) groups excluding carboxylic acids is 4. The Bertz CT molecular complexity index is 1500. The van der Waals surface area contributed by atoms with Crippen LogP contribution in [0.5, 0.6) is 0 Å². The lowest BCUT2D eigenvalue weighted by molar-refractivity contribution is -0.302. The van der Waals surface area contributed by atoms with Crippen LogP contribution < -0.4 is 0 Å². The highest BCUT2D eigenvalue weighted by Crippen LogP contribution is 2.39. The predicted octanol–water partition coefficient (Wildman–Crippen LogP) is 5.03. The van der Waals surface area contributed by atoms with Gasteiger partial charge in [-0.25, -0.2) is 4.79 Å². The molecule has 4 aliphatic rings. The van der Waals surface area contributed by atoms with Gasteiger partial charge in [-0.15, -0.1) is 6.58 Å². The van der Waals surface area contributed by atoms with Crippen LogP contribution in [-0.2, 0) is 42.9 Å². The fourth-order valence-electron chi connectivity index (χ4n) is 9.55. The monoisotopic (exact) mass is 817 g/mol. The summed E-state index contributed by atoms with van der Waals surface area (Å²) in [5, 5.41) is 34.2. The summed E-state index contributed by atoms with van der Waals surface area (Å²) in [5.74, 6) is -7.53. The molecule has 3 aliphatic heterocycles. The van der Waals surface area contributed by atoms with Crippen molar-refractivity contribution in [1.29, 1.82) is 0 Å². The van der Waals surface area contributed by atoms with Crippen molar-refractivity contribution in [3.8, 4) is 0 Å². The molecule has 4 rings (SSSR count). The van der Waals surface area contributed by atoms with Gasteiger partial charge in [0.2, 0.25) is 5.79 Å². The van der Waals surface area contributed by atoms with E-state index in [0.29, 0.717) is 63.4 Å². The van der Waals surface area contributed by atoms with E-state index in [4.69, 9.17) is 23.7 Å². The third-order valence-corrected chi connectivity index (χ3v) is 13.2. The van der Waals surface area contributed by atoms with E-state index in [2.05, 4.69) is 13.5 Å². The summed E-state index contributed by atoms with van der Waals surface area (Å²) in [6.45, 7) is 13.2. The molecule has 0 radical (unpaired) electrons. The minimum absolute atomic E-state index is 0.0114. The van der Waals surface area contributed by atoms with Crippen LogP contribution in [0.1, 0.15) is 112 Å². The first kappa shape index (κ1) is 47.9. The number of amides is 1. The molecule has 328 valence electrons. The van der Waals surface area contributed by atoms with Gasteiger partial charge in [0.25, 0.3) is 11.7 Å². The Labute approximate surface area is 345 Å². The first-order valence-corrected chi connectivity index (χ1v) is 21.4. The highest BCUT2D eigenvalue weighted by Gasteiger charge is 2.56. The molecule has 2 bridgehead atoms. The Morgan fingerprint density at radius 1 is 0.914 bits per heavy atom. The van der Waals surface area contributed by atoms with Crippen LogP contribution in [0.2, 0.25) is 0 Å². The normalized spacial score (nSPS) is 40.7. The van der Waals surface area contributed by atoms with Gasteiger partial charge in [-0.05, 0) is 102 Å². The molecule has 14 atom stereocenters. The summed E-state index contributed by atoms with van der Waals surface area (Å²) in [4.78, 5) is 57.9. The third-order valence-electron chi connectivity index (χ3n) is 13.2. The molecule has 13 nitrogen and oxygen atoms in total. The van der Waals surface area contributed by atoms with E-state index >= 15 is 0 Å². The van der Waals surface area contributed by atoms with E-state index in [1.807, 2.05) is 26.0 Å². The highest BCUT2D eigenvalue weighted by molar-refractivity contribution is 6.39. The minimum Gasteiger partial charge on any atom is -0.456 e. The van der Waals surface area contributed by atoms with Crippen LogP contribution in [0, 0.1) is 29.6 Å². The molecule has 13 heteroatoms. The molecule has 0 spiro atoms. The Kier molecular flexibility index (Phi) is 17.9. The van der Waals surface area contributed by atoms with Gasteiger partial charge in [0.05, 0.1) is 30.5 Å². The average molecular weight is 818 g/mol. The fraction of sp³-hybridized carbons (Fsp3) is 0.778. The van der Waals surface area contributed by atoms with E-state index in [-0.39, 0.29) is 49.5 Å². The number of nitrogens with zero attached hydrogens (tertiary/aromatic N) is 1. The fourth-order valence-corrected chi connectivity index (χ4v) is 9.55. The molecular weight excluding hydrogens is 746 g/mol. The number of piperidine rings is 1. The molecule has 0 aromatic rings. The second-order valence-electron chi connectivity index (χ2n) is 17.6. The number of fused-ring (bicyclic) bond motifs is 3. The SMILES string of the molecule is C=CC[C@@H]1/C=C(\C)C[C@H](C)CC[C@H](OC)[C@H]2O[C@@](O)(C(=O)C(=O)N3CCCC[C@H]3C(=O)O[C@H](/C(C)=C/[C@@H]3CC[C@@H](O)[C@H](OC)C3)[C@H](C)C(O)CC1=O)[C@H](C)C[C@@H]2OC. The average Bonchev–Trinajstić information content (AvgIpc) is 3.20. The van der Waals surface area contributed by atoms with Crippen molar-refractivity contribution in [3.05, 3.63) is 36.0 Å². The van der Waals surface area contributed by atoms with Crippen LogP contribution in [0.25, 0.3) is 0 Å². The number of ether oxygens (including phenoxy) is 5. The van der Waals surface area contributed by atoms with Crippen LogP contribution in [0.4, 0.5) is 0 Å². The zero-order valence-electron chi connectivity index (χ0n) is 36.1. The maximum Gasteiger partial charge on any atom is 0.329 e. The largest absolute Gasteiger partial charge is 0.456 e. The molecule has 1 saturated carbocycles. The molecule has 3 fully saturated rings. The number of aliphatic hydroxyl groups is 3. The molecule has 2 saturated heterocycles. The number of methoxy groups -OCH3 is 3. The molecule has 1 unspecified atom stereocenters. The van der Waals surface area contributed by atoms with Crippen molar-refractivity contribution < 1.29 is 58.2 Å². The quantitative estimate of drug-likeness (QED) is 0.178. The number of esters is 1. The van der Waals surface area contributed by atoms with Gasteiger partial charge < -0.3 is 43.9 Å². The summed E-state index contributed by atoms with van der Waals surface area (Å²) in [7, 11) is 4.63. The molecule has 1 amide bonds. The van der Waals surface area contributed by atoms with Crippen molar-refractivity contribution in [3.63, 3.8) is 0 Å². The van der Waals surface area contributed by atoms with Crippen LogP contribution in [0.3, 0.4) is 0 Å². The van der Waals surface area contributed by atoms with Gasteiger partial charge in [-0.3, -0.25) is 14.4 Å². The summed E-state index contributed by atoms with van der Waals surface area (Å²) in [6, 6.07) is -1.14. The first-order chi connectivity index (χ1) is 27.5. The number of hydrogen-bond acceptors (Lipinski definition) is 12. The zero-order valence-corrected chi connectivity index (χ0v) is 36.1. The number of allylic oxidation sites excluding steroid dienone is 4. The maximum atomic E-state index is 14.3. The number of ketones is 2. The number of Topliss-reactive ketones (excluding diaryl/α,β-unsaturated/α-hetero) is 2. The topological polar surface area (TPSA) is 178 Å². The number of carbonyl (C=O) groups is 4.